The second-order valence-electron chi connectivity index (χ2n) is 2.29. The summed E-state index contributed by atoms with van der Waals surface area (Å²) in [6.45, 7) is 1.80. The zero-order chi connectivity index (χ0) is 11.8. The van der Waals surface area contributed by atoms with Crippen LogP contribution in [-0.4, -0.2) is 23.4 Å². The molecule has 0 saturated carbocycles. The van der Waals surface area contributed by atoms with Gasteiger partial charge in [-0.25, -0.2) is 4.79 Å². The summed E-state index contributed by atoms with van der Waals surface area (Å²) >= 11 is 4.57. The average molecular weight is 223 g/mol. The van der Waals surface area contributed by atoms with Crippen molar-refractivity contribution in [2.45, 2.75) is 6.92 Å². The van der Waals surface area contributed by atoms with E-state index in [0.717, 1.165) is 6.08 Å². The van der Waals surface area contributed by atoms with E-state index in [1.54, 1.807) is 13.0 Å². The maximum absolute atomic E-state index is 11.2. The van der Waals surface area contributed by atoms with Gasteiger partial charge in [-0.05, 0) is 18.9 Å². The summed E-state index contributed by atoms with van der Waals surface area (Å²) < 4.78 is 4.62. The van der Waals surface area contributed by atoms with E-state index in [4.69, 9.17) is 16.4 Å². The zero-order valence-electron chi connectivity index (χ0n) is 8.03. The van der Waals surface area contributed by atoms with Crippen molar-refractivity contribution in [1.82, 2.24) is 0 Å². The van der Waals surface area contributed by atoms with Crippen LogP contribution < -0.4 is 5.73 Å². The lowest BCUT2D eigenvalue weighted by molar-refractivity contribution is -0.137. The first kappa shape index (κ1) is 13.0. The Labute approximate surface area is 92.3 Å². The van der Waals surface area contributed by atoms with E-state index in [-0.39, 0.29) is 22.7 Å². The highest BCUT2D eigenvalue weighted by Gasteiger charge is 2.10. The molecule has 0 aliphatic rings. The molecule has 6 heteroatoms. The SMILES string of the molecule is CCOC(=O)C(=C=N)/C=C(\C#N)C(N)=S. The molecule has 0 aliphatic heterocycles. The molecule has 0 bridgehead atoms. The third kappa shape index (κ3) is 4.18. The number of nitrogens with two attached hydrogens (primary N) is 1. The Kier molecular flexibility index (Phi) is 5.64. The Morgan fingerprint density at radius 3 is 2.67 bits per heavy atom. The van der Waals surface area contributed by atoms with Crippen molar-refractivity contribution in [3.05, 3.63) is 17.2 Å². The van der Waals surface area contributed by atoms with Crippen LogP contribution in [0, 0.1) is 16.7 Å². The van der Waals surface area contributed by atoms with Gasteiger partial charge in [0.25, 0.3) is 0 Å². The first-order chi connectivity index (χ1) is 7.06. The molecule has 0 atom stereocenters. The van der Waals surface area contributed by atoms with Crippen LogP contribution in [0.2, 0.25) is 0 Å². The number of carbonyl (C=O) groups is 1. The molecule has 15 heavy (non-hydrogen) atoms. The number of hydrogen-bond acceptors (Lipinski definition) is 5. The van der Waals surface area contributed by atoms with Gasteiger partial charge in [-0.2, -0.15) is 5.26 Å². The van der Waals surface area contributed by atoms with E-state index in [9.17, 15) is 4.79 Å². The van der Waals surface area contributed by atoms with Crippen molar-refractivity contribution >= 4 is 29.0 Å². The molecular formula is C9H9N3O2S. The van der Waals surface area contributed by atoms with Crippen LogP contribution >= 0.6 is 12.2 Å². The van der Waals surface area contributed by atoms with Crippen molar-refractivity contribution in [3.8, 4) is 6.07 Å². The van der Waals surface area contributed by atoms with Crippen LogP contribution in [-0.2, 0) is 9.53 Å². The van der Waals surface area contributed by atoms with Gasteiger partial charge in [-0.1, -0.05) is 12.2 Å². The molecule has 0 amide bonds. The van der Waals surface area contributed by atoms with E-state index < -0.39 is 5.97 Å². The second-order valence-corrected chi connectivity index (χ2v) is 2.73. The number of rotatable bonds is 4. The van der Waals surface area contributed by atoms with Crippen LogP contribution in [0.25, 0.3) is 0 Å². The Morgan fingerprint density at radius 2 is 2.33 bits per heavy atom. The minimum atomic E-state index is -0.739. The molecule has 0 aromatic carbocycles. The largest absolute Gasteiger partial charge is 0.462 e. The number of nitriles is 1. The van der Waals surface area contributed by atoms with Crippen LogP contribution in [0.5, 0.6) is 0 Å². The van der Waals surface area contributed by atoms with Crippen molar-refractivity contribution < 1.29 is 9.53 Å². The number of hydrogen-bond donors (Lipinski definition) is 2. The summed E-state index contributed by atoms with van der Waals surface area (Å²) in [6.07, 6.45) is 1.08. The topological polar surface area (TPSA) is 100.0 Å². The van der Waals surface area contributed by atoms with Crippen LogP contribution in [0.1, 0.15) is 6.92 Å². The van der Waals surface area contributed by atoms with Gasteiger partial charge < -0.3 is 10.5 Å². The highest BCUT2D eigenvalue weighted by Crippen LogP contribution is 2.02. The summed E-state index contributed by atoms with van der Waals surface area (Å²) in [4.78, 5) is 11.0. The first-order valence-electron chi connectivity index (χ1n) is 3.95. The Morgan fingerprint density at radius 1 is 1.73 bits per heavy atom. The smallest absolute Gasteiger partial charge is 0.347 e. The Bertz CT molecular complexity index is 400. The summed E-state index contributed by atoms with van der Waals surface area (Å²) in [5.74, 6) is 1.12. The fraction of sp³-hybridized carbons (Fsp3) is 0.222. The zero-order valence-corrected chi connectivity index (χ0v) is 8.85. The normalized spacial score (nSPS) is 9.73. The molecule has 5 nitrogen and oxygen atoms in total. The van der Waals surface area contributed by atoms with E-state index in [2.05, 4.69) is 17.0 Å². The second kappa shape index (κ2) is 6.49. The number of nitrogens with zero attached hydrogens (tertiary/aromatic N) is 1. The lowest BCUT2D eigenvalue weighted by atomic mass is 10.2. The molecule has 0 saturated heterocycles. The van der Waals surface area contributed by atoms with Gasteiger partial charge in [-0.3, -0.25) is 5.41 Å². The van der Waals surface area contributed by atoms with Gasteiger partial charge in [0.2, 0.25) is 0 Å². The van der Waals surface area contributed by atoms with Crippen LogP contribution in [0.3, 0.4) is 0 Å². The molecular weight excluding hydrogens is 214 g/mol. The molecule has 0 spiro atoms. The molecule has 0 fully saturated rings. The minimum absolute atomic E-state index is 0.0622. The molecule has 0 aliphatic carbocycles. The molecule has 3 N–H and O–H groups in total. The molecule has 0 aromatic heterocycles. The first-order valence-corrected chi connectivity index (χ1v) is 4.36. The maximum atomic E-state index is 11.2. The van der Waals surface area contributed by atoms with Gasteiger partial charge in [0.1, 0.15) is 16.6 Å². The van der Waals surface area contributed by atoms with Crippen molar-refractivity contribution in [2.24, 2.45) is 5.73 Å². The molecule has 0 rings (SSSR count). The fourth-order valence-corrected chi connectivity index (χ4v) is 0.762. The molecule has 78 valence electrons. The third-order valence-electron chi connectivity index (χ3n) is 1.30. The number of ether oxygens (including phenoxy) is 1. The lowest BCUT2D eigenvalue weighted by Gasteiger charge is -1.99. The molecule has 0 unspecified atom stereocenters. The predicted molar refractivity (Wildman–Crippen MR) is 58.4 cm³/mol. The van der Waals surface area contributed by atoms with Gasteiger partial charge in [0, 0.05) is 0 Å². The summed E-state index contributed by atoms with van der Waals surface area (Å²) in [7, 11) is 0. The summed E-state index contributed by atoms with van der Waals surface area (Å²) in [5.41, 5.74) is 4.95. The van der Waals surface area contributed by atoms with E-state index in [0.29, 0.717) is 0 Å². The highest BCUT2D eigenvalue weighted by molar-refractivity contribution is 7.80. The summed E-state index contributed by atoms with van der Waals surface area (Å²) in [6, 6.07) is 1.71. The lowest BCUT2D eigenvalue weighted by Crippen LogP contribution is -2.13. The van der Waals surface area contributed by atoms with Crippen molar-refractivity contribution in [3.63, 3.8) is 0 Å². The van der Waals surface area contributed by atoms with Gasteiger partial charge >= 0.3 is 5.97 Å². The molecule has 0 radical (unpaired) electrons. The monoisotopic (exact) mass is 223 g/mol. The number of nitrogens with one attached hydrogen (secondary N) is 1. The van der Waals surface area contributed by atoms with Crippen LogP contribution in [0.4, 0.5) is 0 Å². The Hall–Kier alpha value is -1.96. The molecule has 0 heterocycles. The highest BCUT2D eigenvalue weighted by atomic mass is 32.1. The quantitative estimate of drug-likeness (QED) is 0.180. The van der Waals surface area contributed by atoms with E-state index in [1.807, 2.05) is 5.87 Å². The van der Waals surface area contributed by atoms with E-state index in [1.165, 1.54) is 0 Å². The number of thiocarbonyl (C=S) groups is 1. The van der Waals surface area contributed by atoms with Crippen molar-refractivity contribution in [1.29, 1.82) is 10.7 Å². The van der Waals surface area contributed by atoms with Crippen molar-refractivity contribution in [2.75, 3.05) is 6.61 Å². The van der Waals surface area contributed by atoms with Gasteiger partial charge in [0.15, 0.2) is 0 Å². The third-order valence-corrected chi connectivity index (χ3v) is 1.52. The standard InChI is InChI=1S/C9H9N3O2S/c1-2-14-9(13)7(5-11)3-6(4-10)8(12)15/h3,11H,2H2,1H3,(H2,12,15)/b6-3+. The average Bonchev–Trinajstić information content (AvgIpc) is 2.19. The number of esters is 1. The predicted octanol–water partition coefficient (Wildman–Crippen LogP) is 0.460. The number of carbonyl (C=O) groups excluding carboxylic acids is 1. The van der Waals surface area contributed by atoms with Crippen LogP contribution in [0.15, 0.2) is 17.2 Å². The molecule has 0 aromatic rings. The summed E-state index contributed by atoms with van der Waals surface area (Å²) in [5, 5.41) is 15.5. The fourth-order valence-electron chi connectivity index (χ4n) is 0.658. The Balaban J connectivity index is 5.05. The van der Waals surface area contributed by atoms with Gasteiger partial charge in [-0.15, -0.1) is 0 Å². The van der Waals surface area contributed by atoms with Gasteiger partial charge in [0.05, 0.1) is 12.2 Å². The maximum Gasteiger partial charge on any atom is 0.347 e. The van der Waals surface area contributed by atoms with E-state index >= 15 is 0 Å². The minimum Gasteiger partial charge on any atom is -0.462 e.